The van der Waals surface area contributed by atoms with Crippen molar-refractivity contribution in [3.05, 3.63) is 10.8 Å². The molecule has 1 fully saturated rings. The molecule has 0 saturated heterocycles. The molecule has 8 N–H and O–H groups in total. The zero-order chi connectivity index (χ0) is 15.8. The Kier molecular flexibility index (Phi) is 6.67. The number of rotatable bonds is 1. The summed E-state index contributed by atoms with van der Waals surface area (Å²) in [6.07, 6.45) is 9.00. The van der Waals surface area contributed by atoms with E-state index in [9.17, 15) is 4.79 Å². The number of anilines is 2. The Morgan fingerprint density at radius 2 is 1.43 bits per heavy atom. The van der Waals surface area contributed by atoms with E-state index in [1.54, 1.807) is 0 Å². The Morgan fingerprint density at radius 3 is 1.86 bits per heavy atom. The van der Waals surface area contributed by atoms with Crippen molar-refractivity contribution in [2.45, 2.75) is 38.5 Å². The highest BCUT2D eigenvalue weighted by atomic mass is 35.5. The molecule has 1 saturated carbocycles. The second-order valence-corrected chi connectivity index (χ2v) is 4.95. The van der Waals surface area contributed by atoms with E-state index >= 15 is 0 Å². The zero-order valence-electron chi connectivity index (χ0n) is 11.7. The topological polar surface area (TPSA) is 159 Å². The summed E-state index contributed by atoms with van der Waals surface area (Å²) in [5.74, 6) is -1.50. The van der Waals surface area contributed by atoms with Crippen molar-refractivity contribution < 1.29 is 4.79 Å². The number of halogens is 1. The highest BCUT2D eigenvalue weighted by Gasteiger charge is 2.15. The fourth-order valence-corrected chi connectivity index (χ4v) is 1.96. The van der Waals surface area contributed by atoms with E-state index in [4.69, 9.17) is 34.5 Å². The number of hydrogen-bond acceptors (Lipinski definition) is 5. The summed E-state index contributed by atoms with van der Waals surface area (Å²) in [7, 11) is 0. The first-order valence-corrected chi connectivity index (χ1v) is 7.02. The van der Waals surface area contributed by atoms with Gasteiger partial charge >= 0.3 is 5.91 Å². The SMILES string of the molecule is C1CCCCC1.NC(N)=NC(=O)c1nc(Cl)c(N)nc1N. The van der Waals surface area contributed by atoms with Gasteiger partial charge < -0.3 is 22.9 Å². The molecule has 8 nitrogen and oxygen atoms in total. The summed E-state index contributed by atoms with van der Waals surface area (Å²) in [5, 5.41) is -0.140. The van der Waals surface area contributed by atoms with Crippen molar-refractivity contribution in [1.82, 2.24) is 9.97 Å². The van der Waals surface area contributed by atoms with Crippen molar-refractivity contribution in [2.75, 3.05) is 11.5 Å². The van der Waals surface area contributed by atoms with Crippen LogP contribution in [0.3, 0.4) is 0 Å². The van der Waals surface area contributed by atoms with Gasteiger partial charge in [-0.25, -0.2) is 9.97 Å². The number of aromatic nitrogens is 2. The number of carbonyl (C=O) groups is 1. The van der Waals surface area contributed by atoms with Crippen molar-refractivity contribution in [2.24, 2.45) is 16.5 Å². The van der Waals surface area contributed by atoms with E-state index in [0.29, 0.717) is 0 Å². The normalized spacial score (nSPS) is 13.8. The van der Waals surface area contributed by atoms with Crippen LogP contribution in [-0.4, -0.2) is 21.8 Å². The number of nitrogen functional groups attached to an aromatic ring is 2. The summed E-state index contributed by atoms with van der Waals surface area (Å²) >= 11 is 5.55. The largest absolute Gasteiger partial charge is 0.382 e. The summed E-state index contributed by atoms with van der Waals surface area (Å²) in [5.41, 5.74) is 20.5. The van der Waals surface area contributed by atoms with Gasteiger partial charge in [-0.15, -0.1) is 0 Å². The molecule has 1 aliphatic carbocycles. The van der Waals surface area contributed by atoms with E-state index in [2.05, 4.69) is 15.0 Å². The third-order valence-corrected chi connectivity index (χ3v) is 3.12. The van der Waals surface area contributed by atoms with E-state index < -0.39 is 11.9 Å². The van der Waals surface area contributed by atoms with Crippen molar-refractivity contribution in [1.29, 1.82) is 0 Å². The summed E-state index contributed by atoms with van der Waals surface area (Å²) in [4.78, 5) is 21.7. The Bertz CT molecular complexity index is 513. The molecule has 1 aliphatic rings. The number of nitrogens with two attached hydrogens (primary N) is 4. The van der Waals surface area contributed by atoms with Crippen LogP contribution >= 0.6 is 11.6 Å². The molecular formula is C12H20ClN7O. The first-order valence-electron chi connectivity index (χ1n) is 6.64. The third kappa shape index (κ3) is 5.82. The lowest BCUT2D eigenvalue weighted by Crippen LogP contribution is -2.24. The molecule has 1 aromatic rings. The number of hydrogen-bond donors (Lipinski definition) is 4. The number of amides is 1. The van der Waals surface area contributed by atoms with Gasteiger partial charge in [0.2, 0.25) is 0 Å². The monoisotopic (exact) mass is 313 g/mol. The molecule has 0 unspecified atom stereocenters. The summed E-state index contributed by atoms with van der Waals surface area (Å²) in [6, 6.07) is 0. The van der Waals surface area contributed by atoms with Crippen LogP contribution in [0.2, 0.25) is 5.15 Å². The van der Waals surface area contributed by atoms with Crippen molar-refractivity contribution >= 4 is 35.1 Å². The molecule has 0 radical (unpaired) electrons. The molecule has 1 amide bonds. The van der Waals surface area contributed by atoms with Crippen LogP contribution in [0, 0.1) is 0 Å². The van der Waals surface area contributed by atoms with Gasteiger partial charge in [0.1, 0.15) is 0 Å². The second kappa shape index (κ2) is 8.25. The van der Waals surface area contributed by atoms with Gasteiger partial charge in [-0.05, 0) is 0 Å². The zero-order valence-corrected chi connectivity index (χ0v) is 12.4. The van der Waals surface area contributed by atoms with Gasteiger partial charge in [-0.3, -0.25) is 4.79 Å². The average Bonchev–Trinajstić information content (AvgIpc) is 2.44. The molecule has 0 atom stereocenters. The van der Waals surface area contributed by atoms with Crippen molar-refractivity contribution in [3.63, 3.8) is 0 Å². The Balaban J connectivity index is 0.000000304. The molecule has 0 aromatic carbocycles. The number of guanidine groups is 1. The molecule has 0 aliphatic heterocycles. The van der Waals surface area contributed by atoms with Gasteiger partial charge in [0.25, 0.3) is 0 Å². The molecule has 116 valence electrons. The minimum atomic E-state index is -0.832. The molecular weight excluding hydrogens is 294 g/mol. The number of nitrogens with zero attached hydrogens (tertiary/aromatic N) is 3. The van der Waals surface area contributed by atoms with Crippen LogP contribution in [-0.2, 0) is 0 Å². The van der Waals surface area contributed by atoms with E-state index in [1.807, 2.05) is 0 Å². The maximum absolute atomic E-state index is 11.3. The van der Waals surface area contributed by atoms with Gasteiger partial charge in [0, 0.05) is 0 Å². The molecule has 0 spiro atoms. The predicted molar refractivity (Wildman–Crippen MR) is 83.7 cm³/mol. The van der Waals surface area contributed by atoms with Crippen LogP contribution in [0.5, 0.6) is 0 Å². The van der Waals surface area contributed by atoms with Crippen LogP contribution in [0.1, 0.15) is 49.0 Å². The molecule has 1 aromatic heterocycles. The third-order valence-electron chi connectivity index (χ3n) is 2.84. The van der Waals surface area contributed by atoms with E-state index in [0.717, 1.165) is 0 Å². The van der Waals surface area contributed by atoms with E-state index in [-0.39, 0.29) is 22.5 Å². The smallest absolute Gasteiger partial charge is 0.302 e. The lowest BCUT2D eigenvalue weighted by Gasteiger charge is -2.05. The predicted octanol–water partition coefficient (Wildman–Crippen LogP) is 1.05. The first-order chi connectivity index (χ1) is 9.91. The quantitative estimate of drug-likeness (QED) is 0.445. The van der Waals surface area contributed by atoms with Gasteiger partial charge in [-0.1, -0.05) is 50.1 Å². The van der Waals surface area contributed by atoms with Crippen molar-refractivity contribution in [3.8, 4) is 0 Å². The van der Waals surface area contributed by atoms with Gasteiger partial charge in [0.05, 0.1) is 0 Å². The molecule has 9 heteroatoms. The second-order valence-electron chi connectivity index (χ2n) is 4.60. The van der Waals surface area contributed by atoms with Crippen LogP contribution in [0.15, 0.2) is 4.99 Å². The fourth-order valence-electron chi connectivity index (χ4n) is 1.83. The summed E-state index contributed by atoms with van der Waals surface area (Å²) < 4.78 is 0. The van der Waals surface area contributed by atoms with E-state index in [1.165, 1.54) is 38.5 Å². The summed E-state index contributed by atoms with van der Waals surface area (Å²) in [6.45, 7) is 0. The fraction of sp³-hybridized carbons (Fsp3) is 0.500. The minimum Gasteiger partial charge on any atom is -0.382 e. The maximum atomic E-state index is 11.3. The van der Waals surface area contributed by atoms with Crippen LogP contribution < -0.4 is 22.9 Å². The first kappa shape index (κ1) is 17.0. The average molecular weight is 314 g/mol. The van der Waals surface area contributed by atoms with Gasteiger partial charge in [0.15, 0.2) is 28.4 Å². The van der Waals surface area contributed by atoms with Crippen LogP contribution in [0.25, 0.3) is 0 Å². The molecule has 21 heavy (non-hydrogen) atoms. The van der Waals surface area contributed by atoms with Crippen LogP contribution in [0.4, 0.5) is 11.6 Å². The highest BCUT2D eigenvalue weighted by molar-refractivity contribution is 6.31. The highest BCUT2D eigenvalue weighted by Crippen LogP contribution is 2.17. The molecule has 2 rings (SSSR count). The maximum Gasteiger partial charge on any atom is 0.302 e. The Morgan fingerprint density at radius 1 is 0.952 bits per heavy atom. The number of carbonyl (C=O) groups excluding carboxylic acids is 1. The lowest BCUT2D eigenvalue weighted by atomic mass is 10.0. The van der Waals surface area contributed by atoms with Gasteiger partial charge in [-0.2, -0.15) is 4.99 Å². The minimum absolute atomic E-state index is 0.0737. The Hall–Kier alpha value is -2.09. The number of aliphatic imine (C=N–C) groups is 1. The Labute approximate surface area is 128 Å². The lowest BCUT2D eigenvalue weighted by molar-refractivity contribution is 0.0998. The molecule has 0 bridgehead atoms. The standard InChI is InChI=1S/C6H8ClN7O.C6H12/c7-2-4(9)13-3(8)1(12-2)5(15)14-6(10)11;1-2-4-6-5-3-1/h(H4,8,9,13)(H4,10,11,14,15);1-6H2. The molecule has 1 heterocycles.